The van der Waals surface area contributed by atoms with Crippen molar-refractivity contribution in [3.63, 3.8) is 0 Å². The lowest BCUT2D eigenvalue weighted by molar-refractivity contribution is 0.339. The second-order valence-corrected chi connectivity index (χ2v) is 8.27. The number of hydrogen-bond acceptors (Lipinski definition) is 5. The Morgan fingerprint density at radius 1 is 1.11 bits per heavy atom. The van der Waals surface area contributed by atoms with Crippen LogP contribution in [0.1, 0.15) is 31.4 Å². The summed E-state index contributed by atoms with van der Waals surface area (Å²) in [6, 6.07) is 9.21. The first-order valence-electron chi connectivity index (χ1n) is 9.08. The lowest BCUT2D eigenvalue weighted by atomic mass is 10.1. The molecule has 6 nitrogen and oxygen atoms in total. The summed E-state index contributed by atoms with van der Waals surface area (Å²) in [5.74, 6) is 0.169. The van der Waals surface area contributed by atoms with Crippen molar-refractivity contribution in [3.05, 3.63) is 47.8 Å². The molecule has 0 N–H and O–H groups in total. The van der Waals surface area contributed by atoms with E-state index in [0.29, 0.717) is 26.0 Å². The van der Waals surface area contributed by atoms with Gasteiger partial charge in [-0.25, -0.2) is 12.8 Å². The van der Waals surface area contributed by atoms with Crippen molar-refractivity contribution in [3.8, 4) is 17.2 Å². The molecule has 0 saturated carbocycles. The summed E-state index contributed by atoms with van der Waals surface area (Å²) < 4.78 is 58.1. The third kappa shape index (κ3) is 3.79. The van der Waals surface area contributed by atoms with Crippen LogP contribution in [0.5, 0.6) is 17.2 Å². The van der Waals surface area contributed by atoms with Crippen molar-refractivity contribution in [2.75, 3.05) is 27.4 Å². The number of hydrogen-bond donors (Lipinski definition) is 0. The average Bonchev–Trinajstić information content (AvgIpc) is 3.19. The van der Waals surface area contributed by atoms with E-state index in [-0.39, 0.29) is 17.5 Å². The van der Waals surface area contributed by atoms with Gasteiger partial charge in [0.15, 0.2) is 11.5 Å². The van der Waals surface area contributed by atoms with Crippen LogP contribution in [0.4, 0.5) is 4.39 Å². The lowest BCUT2D eigenvalue weighted by Crippen LogP contribution is -2.31. The van der Waals surface area contributed by atoms with E-state index in [1.165, 1.54) is 24.6 Å². The molecule has 1 saturated heterocycles. The third-order valence-corrected chi connectivity index (χ3v) is 6.73. The second-order valence-electron chi connectivity index (χ2n) is 6.41. The summed E-state index contributed by atoms with van der Waals surface area (Å²) in [4.78, 5) is -0.414. The van der Waals surface area contributed by atoms with Crippen LogP contribution in [0, 0.1) is 5.82 Å². The van der Waals surface area contributed by atoms with E-state index in [4.69, 9.17) is 14.2 Å². The summed E-state index contributed by atoms with van der Waals surface area (Å²) in [6.45, 7) is 2.78. The lowest BCUT2D eigenvalue weighted by Gasteiger charge is -2.25. The van der Waals surface area contributed by atoms with Crippen LogP contribution in [-0.2, 0) is 10.0 Å². The Morgan fingerprint density at radius 3 is 2.36 bits per heavy atom. The van der Waals surface area contributed by atoms with Gasteiger partial charge in [0.1, 0.15) is 16.5 Å². The molecule has 8 heteroatoms. The summed E-state index contributed by atoms with van der Waals surface area (Å²) in [7, 11) is -1.30. The van der Waals surface area contributed by atoms with Gasteiger partial charge in [-0.3, -0.25) is 0 Å². The summed E-state index contributed by atoms with van der Waals surface area (Å²) in [6.07, 6.45) is 1.37. The first kappa shape index (κ1) is 20.4. The summed E-state index contributed by atoms with van der Waals surface area (Å²) in [5.41, 5.74) is 0.852. The minimum Gasteiger partial charge on any atom is -0.494 e. The number of benzene rings is 2. The van der Waals surface area contributed by atoms with Gasteiger partial charge >= 0.3 is 0 Å². The molecular weight excluding hydrogens is 385 g/mol. The Labute approximate surface area is 164 Å². The highest BCUT2D eigenvalue weighted by molar-refractivity contribution is 7.89. The molecule has 1 atom stereocenters. The molecule has 0 aromatic heterocycles. The van der Waals surface area contributed by atoms with Gasteiger partial charge < -0.3 is 14.2 Å². The van der Waals surface area contributed by atoms with Crippen LogP contribution in [0.15, 0.2) is 41.3 Å². The largest absolute Gasteiger partial charge is 0.494 e. The van der Waals surface area contributed by atoms with Crippen molar-refractivity contribution in [1.29, 1.82) is 0 Å². The number of halogens is 1. The Morgan fingerprint density at radius 2 is 1.75 bits per heavy atom. The molecule has 0 amide bonds. The highest BCUT2D eigenvalue weighted by atomic mass is 32.2. The predicted molar refractivity (Wildman–Crippen MR) is 103 cm³/mol. The maximum Gasteiger partial charge on any atom is 0.246 e. The van der Waals surface area contributed by atoms with Crippen LogP contribution >= 0.6 is 0 Å². The minimum atomic E-state index is -4.05. The maximum absolute atomic E-state index is 14.6. The summed E-state index contributed by atoms with van der Waals surface area (Å²) >= 11 is 0. The van der Waals surface area contributed by atoms with Gasteiger partial charge in [0.2, 0.25) is 10.0 Å². The molecule has 2 aromatic carbocycles. The molecule has 0 spiro atoms. The van der Waals surface area contributed by atoms with E-state index < -0.39 is 20.7 Å². The molecular formula is C20H24FNO5S. The standard InChI is InChI=1S/C20H24FNO5S/c1-4-27-15-9-7-14(8-10-15)17-6-5-11-22(17)28(23,24)20-13-19(26-3)18(25-2)12-16(20)21/h7-10,12-13,17H,4-6,11H2,1-3H3. The first-order valence-corrected chi connectivity index (χ1v) is 10.5. The molecule has 152 valence electrons. The van der Waals surface area contributed by atoms with E-state index in [0.717, 1.165) is 17.4 Å². The van der Waals surface area contributed by atoms with E-state index in [9.17, 15) is 12.8 Å². The topological polar surface area (TPSA) is 65.1 Å². The fourth-order valence-corrected chi connectivity index (χ4v) is 5.22. The number of nitrogens with zero attached hydrogens (tertiary/aromatic N) is 1. The average molecular weight is 409 g/mol. The zero-order valence-electron chi connectivity index (χ0n) is 16.1. The molecule has 0 bridgehead atoms. The fourth-order valence-electron chi connectivity index (χ4n) is 3.47. The van der Waals surface area contributed by atoms with E-state index in [1.807, 2.05) is 31.2 Å². The van der Waals surface area contributed by atoms with E-state index >= 15 is 0 Å². The van der Waals surface area contributed by atoms with E-state index in [1.54, 1.807) is 0 Å². The predicted octanol–water partition coefficient (Wildman–Crippen LogP) is 3.77. The quantitative estimate of drug-likeness (QED) is 0.697. The molecule has 2 aromatic rings. The van der Waals surface area contributed by atoms with Crippen molar-refractivity contribution in [2.24, 2.45) is 0 Å². The van der Waals surface area contributed by atoms with Crippen molar-refractivity contribution < 1.29 is 27.0 Å². The second kappa shape index (κ2) is 8.36. The number of methoxy groups -OCH3 is 2. The highest BCUT2D eigenvalue weighted by Gasteiger charge is 2.38. The minimum absolute atomic E-state index is 0.142. The SMILES string of the molecule is CCOc1ccc(C2CCCN2S(=O)(=O)c2cc(OC)c(OC)cc2F)cc1. The van der Waals surface area contributed by atoms with Crippen molar-refractivity contribution >= 4 is 10.0 Å². The molecule has 1 aliphatic rings. The Hall–Kier alpha value is -2.32. The first-order chi connectivity index (χ1) is 13.4. The van der Waals surface area contributed by atoms with Crippen molar-refractivity contribution in [1.82, 2.24) is 4.31 Å². The monoisotopic (exact) mass is 409 g/mol. The van der Waals surface area contributed by atoms with Crippen LogP contribution < -0.4 is 14.2 Å². The van der Waals surface area contributed by atoms with Gasteiger partial charge in [-0.15, -0.1) is 0 Å². The van der Waals surface area contributed by atoms with Crippen LogP contribution in [0.3, 0.4) is 0 Å². The molecule has 1 aliphatic heterocycles. The molecule has 0 radical (unpaired) electrons. The number of ether oxygens (including phenoxy) is 3. The number of rotatable bonds is 7. The van der Waals surface area contributed by atoms with Gasteiger partial charge in [-0.1, -0.05) is 12.1 Å². The van der Waals surface area contributed by atoms with Crippen LogP contribution in [0.25, 0.3) is 0 Å². The van der Waals surface area contributed by atoms with E-state index in [2.05, 4.69) is 0 Å². The van der Waals surface area contributed by atoms with Gasteiger partial charge in [0.05, 0.1) is 26.9 Å². The smallest absolute Gasteiger partial charge is 0.246 e. The normalized spacial score (nSPS) is 17.5. The highest BCUT2D eigenvalue weighted by Crippen LogP contribution is 2.40. The van der Waals surface area contributed by atoms with Gasteiger partial charge in [-0.2, -0.15) is 4.31 Å². The van der Waals surface area contributed by atoms with Gasteiger partial charge in [0, 0.05) is 18.7 Å². The maximum atomic E-state index is 14.6. The molecule has 1 unspecified atom stereocenters. The zero-order valence-corrected chi connectivity index (χ0v) is 17.0. The molecule has 3 rings (SSSR count). The Bertz CT molecular complexity index is 930. The molecule has 0 aliphatic carbocycles. The van der Waals surface area contributed by atoms with Crippen LogP contribution in [-0.4, -0.2) is 40.1 Å². The Balaban J connectivity index is 1.96. The Kier molecular flexibility index (Phi) is 6.10. The number of sulfonamides is 1. The third-order valence-electron chi connectivity index (χ3n) is 4.80. The fraction of sp³-hybridized carbons (Fsp3) is 0.400. The van der Waals surface area contributed by atoms with Crippen LogP contribution in [0.2, 0.25) is 0 Å². The molecule has 1 fully saturated rings. The zero-order chi connectivity index (χ0) is 20.3. The van der Waals surface area contributed by atoms with Crippen molar-refractivity contribution in [2.45, 2.75) is 30.7 Å². The molecule has 28 heavy (non-hydrogen) atoms. The molecule has 1 heterocycles. The summed E-state index contributed by atoms with van der Waals surface area (Å²) in [5, 5.41) is 0. The van der Waals surface area contributed by atoms with Gasteiger partial charge in [-0.05, 0) is 37.5 Å². The van der Waals surface area contributed by atoms with Gasteiger partial charge in [0.25, 0.3) is 0 Å².